The Bertz CT molecular complexity index is 787. The van der Waals surface area contributed by atoms with Crippen LogP contribution in [0.1, 0.15) is 17.2 Å². The average Bonchev–Trinajstić information content (AvgIpc) is 2.99. The highest BCUT2D eigenvalue weighted by Crippen LogP contribution is 2.29. The number of hydrogen-bond donors (Lipinski definition) is 1. The summed E-state index contributed by atoms with van der Waals surface area (Å²) in [6, 6.07) is 16.8. The van der Waals surface area contributed by atoms with Gasteiger partial charge in [-0.3, -0.25) is 9.59 Å². The van der Waals surface area contributed by atoms with Crippen LogP contribution in [0.5, 0.6) is 0 Å². The van der Waals surface area contributed by atoms with Crippen LogP contribution in [-0.2, 0) is 16.0 Å². The second-order valence-electron chi connectivity index (χ2n) is 7.08. The van der Waals surface area contributed by atoms with Gasteiger partial charge in [-0.1, -0.05) is 48.5 Å². The van der Waals surface area contributed by atoms with E-state index in [0.717, 1.165) is 17.7 Å². The molecule has 2 aromatic carbocycles. The first kappa shape index (κ1) is 17.2. The number of primary amides is 1. The topological polar surface area (TPSA) is 63.4 Å². The molecule has 0 aromatic heterocycles. The van der Waals surface area contributed by atoms with E-state index in [2.05, 4.69) is 6.07 Å². The Morgan fingerprint density at radius 3 is 2.40 bits per heavy atom. The summed E-state index contributed by atoms with van der Waals surface area (Å²) in [7, 11) is 3.75. The molecule has 3 rings (SSSR count). The zero-order valence-electron chi connectivity index (χ0n) is 14.7. The number of fused-ring (bicyclic) bond motifs is 1. The molecule has 0 bridgehead atoms. The van der Waals surface area contributed by atoms with E-state index in [-0.39, 0.29) is 16.9 Å². The predicted molar refractivity (Wildman–Crippen MR) is 97.9 cm³/mol. The maximum atomic E-state index is 12.9. The first-order valence-electron chi connectivity index (χ1n) is 8.45. The van der Waals surface area contributed by atoms with Gasteiger partial charge in [0.2, 0.25) is 0 Å². The molecule has 5 nitrogen and oxygen atoms in total. The molecular formula is C20H24N3O2+. The number of nitrogens with two attached hydrogens (primary N) is 1. The second-order valence-corrected chi connectivity index (χ2v) is 7.08. The van der Waals surface area contributed by atoms with E-state index in [4.69, 9.17) is 5.73 Å². The minimum atomic E-state index is -0.567. The van der Waals surface area contributed by atoms with Gasteiger partial charge in [0.1, 0.15) is 0 Å². The van der Waals surface area contributed by atoms with E-state index in [1.165, 1.54) is 5.56 Å². The van der Waals surface area contributed by atoms with E-state index in [9.17, 15) is 9.59 Å². The van der Waals surface area contributed by atoms with Gasteiger partial charge in [-0.2, -0.15) is 0 Å². The van der Waals surface area contributed by atoms with Gasteiger partial charge in [0.15, 0.2) is 12.6 Å². The summed E-state index contributed by atoms with van der Waals surface area (Å²) in [5.41, 5.74) is 8.67. The lowest BCUT2D eigenvalue weighted by atomic mass is 10.0. The molecule has 0 saturated heterocycles. The third-order valence-corrected chi connectivity index (χ3v) is 4.81. The van der Waals surface area contributed by atoms with Crippen LogP contribution >= 0.6 is 0 Å². The van der Waals surface area contributed by atoms with E-state index in [1.807, 2.05) is 67.5 Å². The highest BCUT2D eigenvalue weighted by atomic mass is 16.2. The summed E-state index contributed by atoms with van der Waals surface area (Å²) in [5.74, 6) is -0.414. The Morgan fingerprint density at radius 2 is 1.72 bits per heavy atom. The maximum absolute atomic E-state index is 12.9. The highest BCUT2D eigenvalue weighted by Gasteiger charge is 2.38. The molecule has 2 amide bonds. The summed E-state index contributed by atoms with van der Waals surface area (Å²) in [6.45, 7) is 0.890. The molecule has 0 fully saturated rings. The van der Waals surface area contributed by atoms with Crippen molar-refractivity contribution in [3.8, 4) is 0 Å². The summed E-state index contributed by atoms with van der Waals surface area (Å²) in [5, 5.41) is 0. The molecule has 1 unspecified atom stereocenters. The van der Waals surface area contributed by atoms with Crippen molar-refractivity contribution in [2.45, 2.75) is 12.5 Å². The smallest absolute Gasteiger partial charge is 0.282 e. The van der Waals surface area contributed by atoms with Gasteiger partial charge in [0, 0.05) is 17.8 Å². The number of carbonyl (C=O) groups excluding carboxylic acids is 2. The average molecular weight is 338 g/mol. The maximum Gasteiger partial charge on any atom is 0.282 e. The quantitative estimate of drug-likeness (QED) is 0.846. The third-order valence-electron chi connectivity index (χ3n) is 4.81. The zero-order valence-corrected chi connectivity index (χ0v) is 14.7. The number of quaternary nitrogens is 1. The molecule has 1 heterocycles. The number of hydrogen-bond acceptors (Lipinski definition) is 2. The van der Waals surface area contributed by atoms with E-state index >= 15 is 0 Å². The van der Waals surface area contributed by atoms with E-state index < -0.39 is 11.9 Å². The number of benzene rings is 2. The van der Waals surface area contributed by atoms with Gasteiger partial charge in [0.25, 0.3) is 11.8 Å². The summed E-state index contributed by atoms with van der Waals surface area (Å²) in [4.78, 5) is 26.9. The van der Waals surface area contributed by atoms with Crippen molar-refractivity contribution in [1.29, 1.82) is 0 Å². The molecule has 2 N–H and O–H groups in total. The predicted octanol–water partition coefficient (Wildman–Crippen LogP) is 1.88. The lowest BCUT2D eigenvalue weighted by molar-refractivity contribution is -0.903. The van der Waals surface area contributed by atoms with Crippen molar-refractivity contribution in [3.05, 3.63) is 65.7 Å². The Hall–Kier alpha value is -2.66. The fraction of sp³-hybridized carbons (Fsp3) is 0.300. The molecular weight excluding hydrogens is 314 g/mol. The van der Waals surface area contributed by atoms with E-state index in [1.54, 1.807) is 0 Å². The van der Waals surface area contributed by atoms with Gasteiger partial charge < -0.3 is 15.1 Å². The normalized spacial score (nSPS) is 14.9. The molecule has 0 saturated carbocycles. The van der Waals surface area contributed by atoms with Gasteiger partial charge >= 0.3 is 0 Å². The number of carbonyl (C=O) groups is 2. The Morgan fingerprint density at radius 1 is 1.08 bits per heavy atom. The Kier molecular flexibility index (Phi) is 4.59. The standard InChI is InChI=1S/C20H23N3O2/c1-23(2,19(20(21)25)16-9-4-3-5-10-16)14-18(24)22-13-12-15-8-6-7-11-17(15)22/h3-11,19H,12-14H2,1-2H3,(H-,21,25)/p+1. The number of rotatable bonds is 5. The highest BCUT2D eigenvalue weighted by molar-refractivity contribution is 5.96. The molecule has 1 aliphatic rings. The van der Waals surface area contributed by atoms with Crippen LogP contribution < -0.4 is 10.6 Å². The Balaban J connectivity index is 1.83. The van der Waals surface area contributed by atoms with Crippen LogP contribution in [-0.4, -0.2) is 43.5 Å². The molecule has 0 spiro atoms. The lowest BCUT2D eigenvalue weighted by Gasteiger charge is -2.36. The number of likely N-dealkylation sites (N-methyl/N-ethyl adjacent to an activating group) is 1. The van der Waals surface area contributed by atoms with Crippen molar-refractivity contribution in [1.82, 2.24) is 0 Å². The number of anilines is 1. The van der Waals surface area contributed by atoms with Crippen LogP contribution in [0.3, 0.4) is 0 Å². The summed E-state index contributed by atoms with van der Waals surface area (Å²) in [6.07, 6.45) is 0.868. The second kappa shape index (κ2) is 6.69. The Labute approximate surface area is 148 Å². The first-order valence-corrected chi connectivity index (χ1v) is 8.45. The third kappa shape index (κ3) is 3.42. The van der Waals surface area contributed by atoms with Crippen molar-refractivity contribution >= 4 is 17.5 Å². The van der Waals surface area contributed by atoms with Gasteiger partial charge in [-0.15, -0.1) is 0 Å². The minimum Gasteiger partial charge on any atom is -0.364 e. The van der Waals surface area contributed by atoms with Crippen LogP contribution in [0.4, 0.5) is 5.69 Å². The van der Waals surface area contributed by atoms with Gasteiger partial charge in [-0.25, -0.2) is 0 Å². The molecule has 1 aliphatic heterocycles. The molecule has 1 atom stereocenters. The van der Waals surface area contributed by atoms with Crippen LogP contribution in [0.15, 0.2) is 54.6 Å². The van der Waals surface area contributed by atoms with Crippen molar-refractivity contribution in [2.24, 2.45) is 5.73 Å². The zero-order chi connectivity index (χ0) is 18.0. The lowest BCUT2D eigenvalue weighted by Crippen LogP contribution is -2.54. The molecule has 130 valence electrons. The van der Waals surface area contributed by atoms with Crippen LogP contribution in [0.25, 0.3) is 0 Å². The number of amides is 2. The van der Waals surface area contributed by atoms with E-state index in [0.29, 0.717) is 6.54 Å². The van der Waals surface area contributed by atoms with Crippen molar-refractivity contribution in [2.75, 3.05) is 32.1 Å². The largest absolute Gasteiger partial charge is 0.364 e. The molecule has 5 heteroatoms. The van der Waals surface area contributed by atoms with Gasteiger partial charge in [0.05, 0.1) is 14.1 Å². The molecule has 0 aliphatic carbocycles. The summed E-state index contributed by atoms with van der Waals surface area (Å²) < 4.78 is 0.191. The van der Waals surface area contributed by atoms with Gasteiger partial charge in [-0.05, 0) is 18.1 Å². The van der Waals surface area contributed by atoms with Crippen LogP contribution in [0.2, 0.25) is 0 Å². The fourth-order valence-corrected chi connectivity index (χ4v) is 3.67. The molecule has 25 heavy (non-hydrogen) atoms. The number of nitrogens with zero attached hydrogens (tertiary/aromatic N) is 2. The number of para-hydroxylation sites is 1. The minimum absolute atomic E-state index is 0.0112. The molecule has 2 aromatic rings. The van der Waals surface area contributed by atoms with Crippen LogP contribution in [0, 0.1) is 0 Å². The van der Waals surface area contributed by atoms with Crippen molar-refractivity contribution in [3.63, 3.8) is 0 Å². The monoisotopic (exact) mass is 338 g/mol. The first-order chi connectivity index (χ1) is 11.9. The SMILES string of the molecule is C[N+](C)(CC(=O)N1CCc2ccccc21)C(C(N)=O)c1ccccc1. The fourth-order valence-electron chi connectivity index (χ4n) is 3.67. The van der Waals surface area contributed by atoms with Crippen molar-refractivity contribution < 1.29 is 14.1 Å². The molecule has 0 radical (unpaired) electrons. The summed E-state index contributed by atoms with van der Waals surface area (Å²) >= 11 is 0.